The zero-order chi connectivity index (χ0) is 12.9. The molecule has 0 saturated carbocycles. The molecule has 0 aromatic rings. The topological polar surface area (TPSA) is 54.3 Å². The molecule has 5 nitrogen and oxygen atoms in total. The van der Waals surface area contributed by atoms with Gasteiger partial charge in [-0.3, -0.25) is 0 Å². The van der Waals surface area contributed by atoms with E-state index in [9.17, 15) is 0 Å². The second-order valence-corrected chi connectivity index (χ2v) is 4.92. The van der Waals surface area contributed by atoms with Crippen LogP contribution in [0.2, 0.25) is 0 Å². The summed E-state index contributed by atoms with van der Waals surface area (Å²) in [6.45, 7) is 4.11. The molecule has 1 atom stereocenters. The molecule has 2 rings (SSSR count). The van der Waals surface area contributed by atoms with Crippen LogP contribution in [0.4, 0.5) is 0 Å². The summed E-state index contributed by atoms with van der Waals surface area (Å²) in [7, 11) is 5.38. The first-order valence-corrected chi connectivity index (χ1v) is 6.04. The minimum atomic E-state index is -0.0342. The van der Waals surface area contributed by atoms with Crippen LogP contribution < -0.4 is 0 Å². The number of oxime groups is 1. The summed E-state index contributed by atoms with van der Waals surface area (Å²) < 4.78 is 10.2. The molecule has 2 aliphatic rings. The van der Waals surface area contributed by atoms with Crippen molar-refractivity contribution >= 4 is 5.71 Å². The van der Waals surface area contributed by atoms with E-state index in [0.29, 0.717) is 0 Å². The maximum Gasteiger partial charge on any atom is 0.0969 e. The lowest BCUT2D eigenvalue weighted by Gasteiger charge is -2.36. The van der Waals surface area contributed by atoms with Gasteiger partial charge in [-0.1, -0.05) is 5.16 Å². The van der Waals surface area contributed by atoms with Gasteiger partial charge < -0.3 is 19.6 Å². The van der Waals surface area contributed by atoms with Gasteiger partial charge in [0, 0.05) is 33.7 Å². The van der Waals surface area contributed by atoms with Gasteiger partial charge in [-0.15, -0.1) is 0 Å². The third-order valence-corrected chi connectivity index (χ3v) is 3.43. The highest BCUT2D eigenvalue weighted by Crippen LogP contribution is 2.37. The lowest BCUT2D eigenvalue weighted by atomic mass is 9.88. The molecule has 0 aromatic carbocycles. The smallest absolute Gasteiger partial charge is 0.0969 e. The van der Waals surface area contributed by atoms with Gasteiger partial charge in [-0.05, 0) is 26.8 Å². The van der Waals surface area contributed by atoms with Gasteiger partial charge in [0.1, 0.15) is 0 Å². The van der Waals surface area contributed by atoms with Crippen LogP contribution in [0.25, 0.3) is 0 Å². The Kier molecular flexibility index (Phi) is 5.36. The van der Waals surface area contributed by atoms with Crippen LogP contribution >= 0.6 is 0 Å². The highest BCUT2D eigenvalue weighted by Gasteiger charge is 2.44. The van der Waals surface area contributed by atoms with Gasteiger partial charge in [0.05, 0.1) is 17.4 Å². The highest BCUT2D eigenvalue weighted by molar-refractivity contribution is 5.90. The molecule has 1 spiro atoms. The van der Waals surface area contributed by atoms with Gasteiger partial charge in [0.2, 0.25) is 0 Å². The Morgan fingerprint density at radius 2 is 1.94 bits per heavy atom. The lowest BCUT2D eigenvalue weighted by molar-refractivity contribution is -0.0657. The summed E-state index contributed by atoms with van der Waals surface area (Å²) >= 11 is 0. The minimum absolute atomic E-state index is 0.0107. The van der Waals surface area contributed by atoms with Crippen LogP contribution in [0.3, 0.4) is 0 Å². The quantitative estimate of drug-likeness (QED) is 0.516. The standard InChI is InChI=1S/C10H18N2O2.C2H6O/c1-8-9(11-13)7-10(14-8)3-5-12(2)6-4-10;1-3-2/h8,13H,3-7H2,1-2H3;1-2H3/b11-9-;. The van der Waals surface area contributed by atoms with Crippen LogP contribution in [-0.4, -0.2) is 61.9 Å². The zero-order valence-electron chi connectivity index (χ0n) is 11.3. The Labute approximate surface area is 103 Å². The Bertz CT molecular complexity index is 260. The first kappa shape index (κ1) is 14.4. The first-order chi connectivity index (χ1) is 8.06. The Morgan fingerprint density at radius 1 is 1.41 bits per heavy atom. The fraction of sp³-hybridized carbons (Fsp3) is 0.917. The van der Waals surface area contributed by atoms with E-state index in [1.807, 2.05) is 6.92 Å². The number of nitrogens with zero attached hydrogens (tertiary/aromatic N) is 2. The number of likely N-dealkylation sites (tertiary alicyclic amines) is 1. The van der Waals surface area contributed by atoms with E-state index in [4.69, 9.17) is 9.94 Å². The molecule has 0 amide bonds. The van der Waals surface area contributed by atoms with E-state index in [2.05, 4.69) is 21.8 Å². The number of hydrogen-bond acceptors (Lipinski definition) is 5. The summed E-state index contributed by atoms with van der Waals surface area (Å²) in [5, 5.41) is 12.1. The molecule has 1 N–H and O–H groups in total. The van der Waals surface area contributed by atoms with E-state index in [1.54, 1.807) is 14.2 Å². The average molecular weight is 244 g/mol. The van der Waals surface area contributed by atoms with Crippen molar-refractivity contribution in [2.75, 3.05) is 34.4 Å². The number of rotatable bonds is 0. The van der Waals surface area contributed by atoms with Crippen molar-refractivity contribution in [3.05, 3.63) is 0 Å². The van der Waals surface area contributed by atoms with Crippen molar-refractivity contribution in [2.45, 2.75) is 37.9 Å². The Balaban J connectivity index is 0.000000437. The van der Waals surface area contributed by atoms with Crippen molar-refractivity contribution in [2.24, 2.45) is 5.16 Å². The summed E-state index contributed by atoms with van der Waals surface area (Å²) in [6.07, 6.45) is 2.89. The summed E-state index contributed by atoms with van der Waals surface area (Å²) in [5.41, 5.74) is 0.766. The van der Waals surface area contributed by atoms with Crippen LogP contribution in [0, 0.1) is 0 Å². The van der Waals surface area contributed by atoms with E-state index >= 15 is 0 Å². The third-order valence-electron chi connectivity index (χ3n) is 3.43. The molecule has 100 valence electrons. The molecule has 2 heterocycles. The molecular formula is C12H24N2O3. The molecule has 1 unspecified atom stereocenters. The van der Waals surface area contributed by atoms with Gasteiger partial charge in [0.25, 0.3) is 0 Å². The van der Waals surface area contributed by atoms with Crippen molar-refractivity contribution in [3.8, 4) is 0 Å². The third kappa shape index (κ3) is 3.66. The molecule has 5 heteroatoms. The fourth-order valence-corrected chi connectivity index (χ4v) is 2.40. The SMILES string of the molecule is CC1OC2(CCN(C)CC2)C/C1=N/O.COC. The number of methoxy groups -OCH3 is 1. The van der Waals surface area contributed by atoms with Crippen molar-refractivity contribution in [1.29, 1.82) is 0 Å². The van der Waals surface area contributed by atoms with Gasteiger partial charge in [-0.2, -0.15) is 0 Å². The van der Waals surface area contributed by atoms with Crippen molar-refractivity contribution in [1.82, 2.24) is 4.90 Å². The van der Waals surface area contributed by atoms with Crippen molar-refractivity contribution in [3.63, 3.8) is 0 Å². The van der Waals surface area contributed by atoms with Crippen LogP contribution in [-0.2, 0) is 9.47 Å². The maximum atomic E-state index is 8.80. The first-order valence-electron chi connectivity index (χ1n) is 6.04. The van der Waals surface area contributed by atoms with Gasteiger partial charge in [0.15, 0.2) is 0 Å². The second kappa shape index (κ2) is 6.33. The van der Waals surface area contributed by atoms with Crippen LogP contribution in [0.15, 0.2) is 5.16 Å². The average Bonchev–Trinajstić information content (AvgIpc) is 2.61. The minimum Gasteiger partial charge on any atom is -0.411 e. The largest absolute Gasteiger partial charge is 0.411 e. The molecule has 0 bridgehead atoms. The lowest BCUT2D eigenvalue weighted by Crippen LogP contribution is -2.42. The van der Waals surface area contributed by atoms with E-state index in [0.717, 1.165) is 38.1 Å². The molecule has 2 aliphatic heterocycles. The maximum absolute atomic E-state index is 8.80. The molecule has 0 radical (unpaired) electrons. The Morgan fingerprint density at radius 3 is 2.35 bits per heavy atom. The van der Waals surface area contributed by atoms with Gasteiger partial charge in [-0.25, -0.2) is 0 Å². The monoisotopic (exact) mass is 244 g/mol. The molecule has 0 aliphatic carbocycles. The predicted octanol–water partition coefficient (Wildman–Crippen LogP) is 1.35. The van der Waals surface area contributed by atoms with E-state index in [1.165, 1.54) is 0 Å². The highest BCUT2D eigenvalue weighted by atomic mass is 16.5. The molecule has 2 saturated heterocycles. The molecule has 2 fully saturated rings. The summed E-state index contributed by atoms with van der Waals surface area (Å²) in [5.74, 6) is 0. The normalized spacial score (nSPS) is 30.4. The number of piperidine rings is 1. The predicted molar refractivity (Wildman–Crippen MR) is 66.8 cm³/mol. The molecule has 17 heavy (non-hydrogen) atoms. The summed E-state index contributed by atoms with van der Waals surface area (Å²) in [4.78, 5) is 2.31. The van der Waals surface area contributed by atoms with Crippen LogP contribution in [0.5, 0.6) is 0 Å². The van der Waals surface area contributed by atoms with Crippen molar-refractivity contribution < 1.29 is 14.7 Å². The zero-order valence-corrected chi connectivity index (χ0v) is 11.3. The number of ether oxygens (including phenoxy) is 2. The fourth-order valence-electron chi connectivity index (χ4n) is 2.40. The van der Waals surface area contributed by atoms with E-state index < -0.39 is 0 Å². The Hall–Kier alpha value is -0.650. The van der Waals surface area contributed by atoms with Crippen LogP contribution in [0.1, 0.15) is 26.2 Å². The summed E-state index contributed by atoms with van der Waals surface area (Å²) in [6, 6.07) is 0. The second-order valence-electron chi connectivity index (χ2n) is 4.92. The van der Waals surface area contributed by atoms with Gasteiger partial charge >= 0.3 is 0 Å². The molecular weight excluding hydrogens is 220 g/mol. The number of hydrogen-bond donors (Lipinski definition) is 1. The van der Waals surface area contributed by atoms with E-state index in [-0.39, 0.29) is 11.7 Å². The molecule has 0 aromatic heterocycles.